The van der Waals surface area contributed by atoms with E-state index in [0.717, 1.165) is 11.3 Å². The normalized spacial score (nSPS) is 14.6. The Hall–Kier alpha value is -1.16. The quantitative estimate of drug-likeness (QED) is 0.678. The van der Waals surface area contributed by atoms with Crippen LogP contribution in [0, 0.1) is 5.92 Å². The van der Waals surface area contributed by atoms with Gasteiger partial charge in [0.15, 0.2) is 9.96 Å². The second kappa shape index (κ2) is 7.61. The molecule has 0 fully saturated rings. The molecule has 23 heavy (non-hydrogen) atoms. The monoisotopic (exact) mass is 364 g/mol. The number of carbonyl (C=O) groups is 1. The van der Waals surface area contributed by atoms with E-state index in [4.69, 9.17) is 10.5 Å². The first kappa shape index (κ1) is 19.9. The van der Waals surface area contributed by atoms with Crippen molar-refractivity contribution in [1.29, 1.82) is 0 Å². The molecule has 0 saturated heterocycles. The molecule has 0 aliphatic carbocycles. The molecule has 1 heterocycles. The fourth-order valence-electron chi connectivity index (χ4n) is 2.33. The topological polar surface area (TPSA) is 108 Å². The fourth-order valence-corrected chi connectivity index (χ4v) is 5.25. The van der Waals surface area contributed by atoms with Crippen LogP contribution < -0.4 is 15.2 Å². The Morgan fingerprint density at radius 1 is 1.43 bits per heavy atom. The van der Waals surface area contributed by atoms with E-state index < -0.39 is 21.5 Å². The number of nitrogens with two attached hydrogens (primary N) is 1. The van der Waals surface area contributed by atoms with Crippen LogP contribution in [0.2, 0.25) is 0 Å². The van der Waals surface area contributed by atoms with E-state index in [0.29, 0.717) is 6.42 Å². The van der Waals surface area contributed by atoms with Gasteiger partial charge in [0.05, 0.1) is 14.2 Å². The van der Waals surface area contributed by atoms with Gasteiger partial charge in [-0.1, -0.05) is 13.8 Å². The first-order chi connectivity index (χ1) is 10.6. The lowest BCUT2D eigenvalue weighted by atomic mass is 9.92. The van der Waals surface area contributed by atoms with Crippen molar-refractivity contribution in [2.45, 2.75) is 36.9 Å². The van der Waals surface area contributed by atoms with Crippen molar-refractivity contribution >= 4 is 27.3 Å². The molecule has 1 unspecified atom stereocenters. The summed E-state index contributed by atoms with van der Waals surface area (Å²) in [4.78, 5) is 11.8. The maximum Gasteiger partial charge on any atom is 0.348 e. The third-order valence-electron chi connectivity index (χ3n) is 3.21. The average Bonchev–Trinajstić information content (AvgIpc) is 2.90. The number of hydrogen-bond acceptors (Lipinski definition) is 7. The van der Waals surface area contributed by atoms with Gasteiger partial charge in [-0.3, -0.25) is 0 Å². The molecule has 0 saturated carbocycles. The first-order valence-corrected chi connectivity index (χ1v) is 9.38. The van der Waals surface area contributed by atoms with Crippen LogP contribution in [0.3, 0.4) is 0 Å². The molecule has 1 aromatic rings. The highest BCUT2D eigenvalue weighted by Crippen LogP contribution is 2.34. The van der Waals surface area contributed by atoms with Crippen LogP contribution >= 0.6 is 11.3 Å². The number of ether oxygens (including phenoxy) is 2. The first-order valence-electron chi connectivity index (χ1n) is 7.08. The van der Waals surface area contributed by atoms with Crippen molar-refractivity contribution in [3.05, 3.63) is 10.9 Å². The molecule has 7 nitrogen and oxygen atoms in total. The molecule has 132 valence electrons. The molecule has 0 aliphatic rings. The number of carbonyl (C=O) groups excluding carboxylic acids is 1. The third kappa shape index (κ3) is 4.90. The lowest BCUT2D eigenvalue weighted by Gasteiger charge is -2.30. The van der Waals surface area contributed by atoms with Crippen molar-refractivity contribution in [2.75, 3.05) is 20.8 Å². The van der Waals surface area contributed by atoms with Gasteiger partial charge in [-0.15, -0.1) is 11.3 Å². The second-order valence-electron chi connectivity index (χ2n) is 5.93. The molecule has 0 bridgehead atoms. The number of methoxy groups -OCH3 is 2. The summed E-state index contributed by atoms with van der Waals surface area (Å²) in [5, 5.41) is 0. The lowest BCUT2D eigenvalue weighted by Crippen LogP contribution is -2.51. The van der Waals surface area contributed by atoms with Crippen molar-refractivity contribution in [2.24, 2.45) is 11.7 Å². The Bertz CT molecular complexity index is 654. The van der Waals surface area contributed by atoms with E-state index in [2.05, 4.69) is 9.46 Å². The molecule has 1 rings (SSSR count). The summed E-state index contributed by atoms with van der Waals surface area (Å²) in [7, 11) is -1.31. The molecule has 0 amide bonds. The molecule has 1 atom stereocenters. The van der Waals surface area contributed by atoms with E-state index in [-0.39, 0.29) is 27.3 Å². The van der Waals surface area contributed by atoms with Gasteiger partial charge in [0, 0.05) is 18.2 Å². The zero-order valence-electron chi connectivity index (χ0n) is 14.0. The number of rotatable bonds is 8. The van der Waals surface area contributed by atoms with E-state index >= 15 is 0 Å². The Labute approximate surface area is 141 Å². The Balaban J connectivity index is 3.22. The number of sulfonamides is 1. The highest BCUT2D eigenvalue weighted by molar-refractivity contribution is 7.91. The van der Waals surface area contributed by atoms with Gasteiger partial charge in [-0.25, -0.2) is 17.9 Å². The van der Waals surface area contributed by atoms with Crippen LogP contribution in [0.5, 0.6) is 5.75 Å². The van der Waals surface area contributed by atoms with Crippen LogP contribution in [0.25, 0.3) is 0 Å². The summed E-state index contributed by atoms with van der Waals surface area (Å²) in [6.45, 7) is 5.89. The molecule has 1 aromatic heterocycles. The molecule has 0 aliphatic heterocycles. The minimum absolute atomic E-state index is 0.0659. The second-order valence-corrected chi connectivity index (χ2v) is 8.86. The minimum atomic E-state index is -3.88. The van der Waals surface area contributed by atoms with Crippen molar-refractivity contribution in [3.8, 4) is 5.75 Å². The Morgan fingerprint density at radius 3 is 2.48 bits per heavy atom. The third-order valence-corrected chi connectivity index (χ3v) is 6.46. The van der Waals surface area contributed by atoms with Crippen LogP contribution in [-0.2, 0) is 14.8 Å². The summed E-state index contributed by atoms with van der Waals surface area (Å²) < 4.78 is 37.7. The fraction of sp³-hybridized carbons (Fsp3) is 0.643. The Morgan fingerprint density at radius 2 is 2.04 bits per heavy atom. The number of nitrogens with one attached hydrogen (secondary N) is 1. The number of hydrogen-bond donors (Lipinski definition) is 2. The highest BCUT2D eigenvalue weighted by Gasteiger charge is 2.34. The summed E-state index contributed by atoms with van der Waals surface area (Å²) in [5.41, 5.74) is 4.97. The summed E-state index contributed by atoms with van der Waals surface area (Å²) in [6.07, 6.45) is 0.584. The average molecular weight is 364 g/mol. The molecule has 0 aromatic carbocycles. The largest absolute Gasteiger partial charge is 0.494 e. The highest BCUT2D eigenvalue weighted by atomic mass is 32.2. The van der Waals surface area contributed by atoms with Crippen molar-refractivity contribution in [3.63, 3.8) is 0 Å². The molecule has 0 radical (unpaired) electrons. The van der Waals surface area contributed by atoms with Gasteiger partial charge in [0.1, 0.15) is 4.88 Å². The van der Waals surface area contributed by atoms with E-state index in [1.54, 1.807) is 6.92 Å². The predicted molar refractivity (Wildman–Crippen MR) is 89.4 cm³/mol. The SMILES string of the molecule is COC(=O)c1cc(OC)c(S(=O)(=O)NC(C)(CN)CC(C)C)s1. The zero-order valence-corrected chi connectivity index (χ0v) is 15.6. The van der Waals surface area contributed by atoms with Gasteiger partial charge in [0.25, 0.3) is 10.0 Å². The van der Waals surface area contributed by atoms with Gasteiger partial charge < -0.3 is 15.2 Å². The van der Waals surface area contributed by atoms with Crippen molar-refractivity contribution < 1.29 is 22.7 Å². The van der Waals surface area contributed by atoms with Crippen LogP contribution in [0.4, 0.5) is 0 Å². The maximum atomic E-state index is 12.7. The summed E-state index contributed by atoms with van der Waals surface area (Å²) in [6, 6.07) is 1.35. The summed E-state index contributed by atoms with van der Waals surface area (Å²) >= 11 is 0.803. The molecule has 3 N–H and O–H groups in total. The standard InChI is InChI=1S/C14H24N2O5S2/c1-9(2)7-14(3,8-15)16-23(18,19)13-10(20-4)6-11(22-13)12(17)21-5/h6,9,16H,7-8,15H2,1-5H3. The summed E-state index contributed by atoms with van der Waals surface area (Å²) in [5.74, 6) is -0.243. The van der Waals surface area contributed by atoms with Gasteiger partial charge in [0.2, 0.25) is 0 Å². The number of thiophene rings is 1. The smallest absolute Gasteiger partial charge is 0.348 e. The van der Waals surface area contributed by atoms with Crippen molar-refractivity contribution in [1.82, 2.24) is 4.72 Å². The zero-order chi connectivity index (χ0) is 17.8. The van der Waals surface area contributed by atoms with Crippen LogP contribution in [-0.4, -0.2) is 40.7 Å². The van der Waals surface area contributed by atoms with Gasteiger partial charge >= 0.3 is 5.97 Å². The molecule has 9 heteroatoms. The lowest BCUT2D eigenvalue weighted by molar-refractivity contribution is 0.0606. The molecular weight excluding hydrogens is 340 g/mol. The van der Waals surface area contributed by atoms with Gasteiger partial charge in [-0.2, -0.15) is 0 Å². The molecular formula is C14H24N2O5S2. The van der Waals surface area contributed by atoms with Crippen LogP contribution in [0.15, 0.2) is 10.3 Å². The molecule has 0 spiro atoms. The van der Waals surface area contributed by atoms with E-state index in [1.807, 2.05) is 13.8 Å². The predicted octanol–water partition coefficient (Wildman–Crippen LogP) is 1.59. The minimum Gasteiger partial charge on any atom is -0.494 e. The van der Waals surface area contributed by atoms with E-state index in [9.17, 15) is 13.2 Å². The van der Waals surface area contributed by atoms with E-state index in [1.165, 1.54) is 20.3 Å². The Kier molecular flexibility index (Phi) is 6.58. The number of esters is 1. The van der Waals surface area contributed by atoms with Gasteiger partial charge in [-0.05, 0) is 19.3 Å². The maximum absolute atomic E-state index is 12.7. The van der Waals surface area contributed by atoms with Crippen LogP contribution in [0.1, 0.15) is 36.9 Å².